The Morgan fingerprint density at radius 3 is 2.77 bits per heavy atom. The summed E-state index contributed by atoms with van der Waals surface area (Å²) < 4.78 is 0. The molecule has 4 heteroatoms. The molecule has 2 bridgehead atoms. The van der Waals surface area contributed by atoms with E-state index in [0.29, 0.717) is 17.6 Å². The summed E-state index contributed by atoms with van der Waals surface area (Å²) >= 11 is 1.77. The number of thioether (sulfide) groups is 1. The van der Waals surface area contributed by atoms with Crippen molar-refractivity contribution < 1.29 is 9.90 Å². The van der Waals surface area contributed by atoms with Gasteiger partial charge in [-0.25, -0.2) is 0 Å². The van der Waals surface area contributed by atoms with Crippen molar-refractivity contribution in [1.82, 2.24) is 0 Å². The average Bonchev–Trinajstić information content (AvgIpc) is 2.60. The smallest absolute Gasteiger partial charge is 0.324 e. The van der Waals surface area contributed by atoms with Crippen LogP contribution in [0, 0.1) is 11.8 Å². The molecule has 2 aliphatic rings. The van der Waals surface area contributed by atoms with Gasteiger partial charge in [0, 0.05) is 5.25 Å². The Kier molecular flexibility index (Phi) is 2.07. The highest BCUT2D eigenvalue weighted by molar-refractivity contribution is 7.99. The maximum Gasteiger partial charge on any atom is 0.324 e. The van der Waals surface area contributed by atoms with E-state index < -0.39 is 11.5 Å². The van der Waals surface area contributed by atoms with E-state index in [2.05, 4.69) is 0 Å². The van der Waals surface area contributed by atoms with E-state index in [1.807, 2.05) is 6.26 Å². The van der Waals surface area contributed by atoms with Gasteiger partial charge < -0.3 is 10.8 Å². The maximum atomic E-state index is 11.0. The first kappa shape index (κ1) is 9.34. The molecule has 2 saturated carbocycles. The quantitative estimate of drug-likeness (QED) is 0.697. The zero-order chi connectivity index (χ0) is 9.64. The van der Waals surface area contributed by atoms with Crippen molar-refractivity contribution in [2.45, 2.75) is 30.1 Å². The van der Waals surface area contributed by atoms with E-state index in [1.165, 1.54) is 0 Å². The molecule has 4 unspecified atom stereocenters. The van der Waals surface area contributed by atoms with Gasteiger partial charge in [-0.1, -0.05) is 0 Å². The zero-order valence-corrected chi connectivity index (χ0v) is 8.51. The number of hydrogen-bond acceptors (Lipinski definition) is 3. The van der Waals surface area contributed by atoms with Gasteiger partial charge in [-0.3, -0.25) is 4.79 Å². The Morgan fingerprint density at radius 2 is 2.31 bits per heavy atom. The number of fused-ring (bicyclic) bond motifs is 2. The summed E-state index contributed by atoms with van der Waals surface area (Å²) in [6.45, 7) is 0. The topological polar surface area (TPSA) is 63.3 Å². The van der Waals surface area contributed by atoms with E-state index >= 15 is 0 Å². The van der Waals surface area contributed by atoms with Crippen molar-refractivity contribution in [1.29, 1.82) is 0 Å². The highest BCUT2D eigenvalue weighted by Crippen LogP contribution is 2.53. The summed E-state index contributed by atoms with van der Waals surface area (Å²) in [5, 5.41) is 9.55. The fourth-order valence-electron chi connectivity index (χ4n) is 2.94. The van der Waals surface area contributed by atoms with Gasteiger partial charge in [0.15, 0.2) is 0 Å². The van der Waals surface area contributed by atoms with Crippen molar-refractivity contribution in [3.8, 4) is 0 Å². The van der Waals surface area contributed by atoms with Crippen molar-refractivity contribution >= 4 is 17.7 Å². The number of aliphatic carboxylic acids is 1. The molecule has 0 aromatic rings. The third-order valence-corrected chi connectivity index (χ3v) is 4.72. The first-order valence-electron chi connectivity index (χ1n) is 4.63. The lowest BCUT2D eigenvalue weighted by Crippen LogP contribution is -2.55. The Balaban J connectivity index is 2.22. The molecular weight excluding hydrogens is 186 g/mol. The second kappa shape index (κ2) is 2.89. The molecule has 0 aromatic heterocycles. The molecule has 3 nitrogen and oxygen atoms in total. The Labute approximate surface area is 82.1 Å². The monoisotopic (exact) mass is 201 g/mol. The van der Waals surface area contributed by atoms with Crippen LogP contribution in [-0.2, 0) is 4.79 Å². The SMILES string of the molecule is CSC1CC2CC1C(N)(C(=O)O)C2. The van der Waals surface area contributed by atoms with Gasteiger partial charge in [-0.15, -0.1) is 0 Å². The van der Waals surface area contributed by atoms with Crippen LogP contribution in [0.15, 0.2) is 0 Å². The van der Waals surface area contributed by atoms with Crippen molar-refractivity contribution in [3.05, 3.63) is 0 Å². The van der Waals surface area contributed by atoms with Crippen LogP contribution in [0.1, 0.15) is 19.3 Å². The Morgan fingerprint density at radius 1 is 1.62 bits per heavy atom. The number of hydrogen-bond donors (Lipinski definition) is 2. The number of carboxylic acids is 1. The number of carboxylic acid groups (broad SMARTS) is 1. The molecule has 0 saturated heterocycles. The van der Waals surface area contributed by atoms with E-state index in [-0.39, 0.29) is 5.92 Å². The van der Waals surface area contributed by atoms with E-state index in [0.717, 1.165) is 12.8 Å². The van der Waals surface area contributed by atoms with E-state index in [4.69, 9.17) is 10.8 Å². The van der Waals surface area contributed by atoms with Gasteiger partial charge in [-0.05, 0) is 37.4 Å². The minimum atomic E-state index is -0.920. The van der Waals surface area contributed by atoms with Gasteiger partial charge in [0.2, 0.25) is 0 Å². The van der Waals surface area contributed by atoms with Gasteiger partial charge in [0.1, 0.15) is 5.54 Å². The average molecular weight is 201 g/mol. The summed E-state index contributed by atoms with van der Waals surface area (Å²) in [6, 6.07) is 0. The molecule has 4 atom stereocenters. The first-order chi connectivity index (χ1) is 6.08. The van der Waals surface area contributed by atoms with Crippen LogP contribution in [-0.4, -0.2) is 28.1 Å². The molecule has 2 rings (SSSR count). The summed E-state index contributed by atoms with van der Waals surface area (Å²) in [5.74, 6) is -0.0488. The highest BCUT2D eigenvalue weighted by Gasteiger charge is 2.57. The molecule has 0 amide bonds. The molecule has 13 heavy (non-hydrogen) atoms. The predicted octanol–water partition coefficient (Wildman–Crippen LogP) is 0.930. The van der Waals surface area contributed by atoms with Gasteiger partial charge >= 0.3 is 5.97 Å². The maximum absolute atomic E-state index is 11.0. The summed E-state index contributed by atoms with van der Waals surface area (Å²) in [4.78, 5) is 11.0. The molecule has 0 spiro atoms. The second-order valence-corrected chi connectivity index (χ2v) is 5.34. The lowest BCUT2D eigenvalue weighted by Gasteiger charge is -2.34. The van der Waals surface area contributed by atoms with Crippen molar-refractivity contribution in [3.63, 3.8) is 0 Å². The van der Waals surface area contributed by atoms with Crippen LogP contribution in [0.25, 0.3) is 0 Å². The molecule has 0 radical (unpaired) electrons. The third-order valence-electron chi connectivity index (χ3n) is 3.59. The fraction of sp³-hybridized carbons (Fsp3) is 0.889. The van der Waals surface area contributed by atoms with Crippen LogP contribution in [0.2, 0.25) is 0 Å². The van der Waals surface area contributed by atoms with Crippen LogP contribution in [0.5, 0.6) is 0 Å². The van der Waals surface area contributed by atoms with Crippen LogP contribution in [0.3, 0.4) is 0 Å². The molecule has 2 fully saturated rings. The molecular formula is C9H15NO2S. The summed E-state index contributed by atoms with van der Waals surface area (Å²) in [5.41, 5.74) is 5.02. The second-order valence-electron chi connectivity index (χ2n) is 4.27. The van der Waals surface area contributed by atoms with Crippen molar-refractivity contribution in [2.75, 3.05) is 6.26 Å². The number of nitrogens with two attached hydrogens (primary N) is 1. The Hall–Kier alpha value is -0.220. The Bertz CT molecular complexity index is 246. The summed E-state index contributed by atoms with van der Waals surface area (Å²) in [7, 11) is 0. The molecule has 0 heterocycles. The molecule has 0 aliphatic heterocycles. The van der Waals surface area contributed by atoms with E-state index in [9.17, 15) is 4.79 Å². The number of rotatable bonds is 2. The lowest BCUT2D eigenvalue weighted by atomic mass is 9.81. The van der Waals surface area contributed by atoms with Crippen LogP contribution >= 0.6 is 11.8 Å². The lowest BCUT2D eigenvalue weighted by molar-refractivity contribution is -0.145. The molecule has 3 N–H and O–H groups in total. The van der Waals surface area contributed by atoms with E-state index in [1.54, 1.807) is 11.8 Å². The molecule has 0 aromatic carbocycles. The molecule has 2 aliphatic carbocycles. The molecule has 74 valence electrons. The normalized spacial score (nSPS) is 48.3. The largest absolute Gasteiger partial charge is 0.480 e. The van der Waals surface area contributed by atoms with Crippen LogP contribution in [0.4, 0.5) is 0 Å². The number of carbonyl (C=O) groups is 1. The fourth-order valence-corrected chi connectivity index (χ4v) is 4.09. The predicted molar refractivity (Wildman–Crippen MR) is 52.7 cm³/mol. The standard InChI is InChI=1S/C9H15NO2S/c1-13-7-3-5-2-6(7)9(10,4-5)8(11)12/h5-7H,2-4,10H2,1H3,(H,11,12). The first-order valence-corrected chi connectivity index (χ1v) is 5.92. The zero-order valence-electron chi connectivity index (χ0n) is 7.69. The third kappa shape index (κ3) is 1.19. The van der Waals surface area contributed by atoms with Gasteiger partial charge in [0.25, 0.3) is 0 Å². The van der Waals surface area contributed by atoms with Gasteiger partial charge in [0.05, 0.1) is 0 Å². The minimum absolute atomic E-state index is 0.199. The van der Waals surface area contributed by atoms with Gasteiger partial charge in [-0.2, -0.15) is 11.8 Å². The van der Waals surface area contributed by atoms with Crippen molar-refractivity contribution in [2.24, 2.45) is 17.6 Å². The highest BCUT2D eigenvalue weighted by atomic mass is 32.2. The summed E-state index contributed by atoms with van der Waals surface area (Å²) in [6.07, 6.45) is 4.92. The van der Waals surface area contributed by atoms with Crippen LogP contribution < -0.4 is 5.73 Å². The minimum Gasteiger partial charge on any atom is -0.480 e.